The topological polar surface area (TPSA) is 15.3 Å². The number of hydrogen-bond donors (Lipinski definition) is 1. The molecule has 3 heteroatoms. The summed E-state index contributed by atoms with van der Waals surface area (Å²) in [6, 6.07) is 8.77. The number of halogens is 1. The van der Waals surface area contributed by atoms with Crippen molar-refractivity contribution in [3.05, 3.63) is 29.3 Å². The Balaban J connectivity index is 1.83. The molecule has 1 saturated carbocycles. The van der Waals surface area contributed by atoms with E-state index in [1.54, 1.807) is 0 Å². The Morgan fingerprint density at radius 1 is 1.25 bits per heavy atom. The molecule has 0 aliphatic heterocycles. The van der Waals surface area contributed by atoms with Crippen LogP contribution in [0.4, 0.5) is 5.69 Å². The zero-order chi connectivity index (χ0) is 14.4. The first-order valence-electron chi connectivity index (χ1n) is 7.89. The second-order valence-electron chi connectivity index (χ2n) is 6.23. The highest BCUT2D eigenvalue weighted by Crippen LogP contribution is 2.24. The van der Waals surface area contributed by atoms with Gasteiger partial charge in [0, 0.05) is 25.7 Å². The Kier molecular flexibility index (Phi) is 6.18. The van der Waals surface area contributed by atoms with Crippen LogP contribution >= 0.6 is 11.6 Å². The van der Waals surface area contributed by atoms with E-state index >= 15 is 0 Å². The fourth-order valence-corrected chi connectivity index (χ4v) is 3.30. The summed E-state index contributed by atoms with van der Waals surface area (Å²) in [4.78, 5) is 2.67. The maximum Gasteiger partial charge on any atom is 0.0637 e. The van der Waals surface area contributed by atoms with E-state index in [1.165, 1.54) is 32.2 Å². The molecule has 0 spiro atoms. The fraction of sp³-hybridized carbons (Fsp3) is 0.647. The molecular formula is C17H27ClN2. The smallest absolute Gasteiger partial charge is 0.0637 e. The predicted molar refractivity (Wildman–Crippen MR) is 88.6 cm³/mol. The van der Waals surface area contributed by atoms with E-state index in [0.717, 1.165) is 35.8 Å². The van der Waals surface area contributed by atoms with E-state index in [2.05, 4.69) is 24.1 Å². The van der Waals surface area contributed by atoms with Crippen LogP contribution in [0.3, 0.4) is 0 Å². The number of nitrogens with zero attached hydrogens (tertiary/aromatic N) is 1. The van der Waals surface area contributed by atoms with Crippen LogP contribution < -0.4 is 5.32 Å². The fourth-order valence-electron chi connectivity index (χ4n) is 3.10. The Labute approximate surface area is 128 Å². The molecule has 0 bridgehead atoms. The Morgan fingerprint density at radius 3 is 2.60 bits per heavy atom. The summed E-state index contributed by atoms with van der Waals surface area (Å²) in [6.45, 7) is 7.89. The number of benzene rings is 1. The summed E-state index contributed by atoms with van der Waals surface area (Å²) in [7, 11) is 0. The van der Waals surface area contributed by atoms with Crippen LogP contribution in [0.5, 0.6) is 0 Å². The van der Waals surface area contributed by atoms with Crippen LogP contribution in [0.1, 0.15) is 39.5 Å². The highest BCUT2D eigenvalue weighted by atomic mass is 35.5. The highest BCUT2D eigenvalue weighted by Gasteiger charge is 2.22. The first kappa shape index (κ1) is 15.7. The van der Waals surface area contributed by atoms with Gasteiger partial charge in [0.15, 0.2) is 0 Å². The minimum Gasteiger partial charge on any atom is -0.383 e. The average molecular weight is 295 g/mol. The minimum absolute atomic E-state index is 0.732. The molecule has 0 unspecified atom stereocenters. The Hall–Kier alpha value is -0.730. The van der Waals surface area contributed by atoms with Gasteiger partial charge < -0.3 is 5.32 Å². The van der Waals surface area contributed by atoms with E-state index < -0.39 is 0 Å². The monoisotopic (exact) mass is 294 g/mol. The molecule has 0 amide bonds. The van der Waals surface area contributed by atoms with Crippen molar-refractivity contribution in [3.8, 4) is 0 Å². The van der Waals surface area contributed by atoms with E-state index in [0.29, 0.717) is 0 Å². The summed E-state index contributed by atoms with van der Waals surface area (Å²) in [6.07, 6.45) is 5.55. The van der Waals surface area contributed by atoms with Gasteiger partial charge in [0.25, 0.3) is 0 Å². The Bertz CT molecular complexity index is 400. The van der Waals surface area contributed by atoms with E-state index in [-0.39, 0.29) is 0 Å². The average Bonchev–Trinajstić information content (AvgIpc) is 2.93. The SMILES string of the molecule is CC(C)CN(CCNc1ccccc1Cl)C1CCCC1. The van der Waals surface area contributed by atoms with Gasteiger partial charge in [0.05, 0.1) is 10.7 Å². The van der Waals surface area contributed by atoms with Gasteiger partial charge in [-0.25, -0.2) is 0 Å². The maximum atomic E-state index is 6.17. The highest BCUT2D eigenvalue weighted by molar-refractivity contribution is 6.33. The molecule has 1 aromatic carbocycles. The normalized spacial score (nSPS) is 16.2. The third-order valence-electron chi connectivity index (χ3n) is 4.03. The molecule has 0 saturated heterocycles. The molecule has 1 fully saturated rings. The van der Waals surface area contributed by atoms with Crippen LogP contribution in [0.15, 0.2) is 24.3 Å². The summed E-state index contributed by atoms with van der Waals surface area (Å²) >= 11 is 6.17. The number of hydrogen-bond acceptors (Lipinski definition) is 2. The molecule has 0 atom stereocenters. The molecule has 0 radical (unpaired) electrons. The summed E-state index contributed by atoms with van der Waals surface area (Å²) < 4.78 is 0. The van der Waals surface area contributed by atoms with Crippen molar-refractivity contribution in [3.63, 3.8) is 0 Å². The lowest BCUT2D eigenvalue weighted by Gasteiger charge is -2.30. The van der Waals surface area contributed by atoms with Gasteiger partial charge in [0.2, 0.25) is 0 Å². The summed E-state index contributed by atoms with van der Waals surface area (Å²) in [5, 5.41) is 4.28. The van der Waals surface area contributed by atoms with Gasteiger partial charge in [0.1, 0.15) is 0 Å². The zero-order valence-electron chi connectivity index (χ0n) is 12.7. The standard InChI is InChI=1S/C17H27ClN2/c1-14(2)13-20(15-7-3-4-8-15)12-11-19-17-10-6-5-9-16(17)18/h5-6,9-10,14-15,19H,3-4,7-8,11-13H2,1-2H3. The van der Waals surface area contributed by atoms with Crippen LogP contribution in [-0.2, 0) is 0 Å². The van der Waals surface area contributed by atoms with Crippen molar-refractivity contribution < 1.29 is 0 Å². The van der Waals surface area contributed by atoms with Crippen LogP contribution in [0.25, 0.3) is 0 Å². The molecule has 1 aliphatic carbocycles. The van der Waals surface area contributed by atoms with Crippen molar-refractivity contribution in [1.82, 2.24) is 4.90 Å². The van der Waals surface area contributed by atoms with Gasteiger partial charge in [-0.05, 0) is 30.9 Å². The van der Waals surface area contributed by atoms with Crippen molar-refractivity contribution in [2.45, 2.75) is 45.6 Å². The molecule has 20 heavy (non-hydrogen) atoms. The number of nitrogens with one attached hydrogen (secondary N) is 1. The molecule has 0 heterocycles. The van der Waals surface area contributed by atoms with E-state index in [4.69, 9.17) is 11.6 Å². The lowest BCUT2D eigenvalue weighted by Crippen LogP contribution is -2.39. The molecule has 0 aromatic heterocycles. The van der Waals surface area contributed by atoms with Crippen molar-refractivity contribution >= 4 is 17.3 Å². The van der Waals surface area contributed by atoms with Gasteiger partial charge in [-0.2, -0.15) is 0 Å². The van der Waals surface area contributed by atoms with E-state index in [1.807, 2.05) is 24.3 Å². The first-order chi connectivity index (χ1) is 9.66. The molecule has 1 aromatic rings. The maximum absolute atomic E-state index is 6.17. The van der Waals surface area contributed by atoms with E-state index in [9.17, 15) is 0 Å². The van der Waals surface area contributed by atoms with Crippen molar-refractivity contribution in [1.29, 1.82) is 0 Å². The van der Waals surface area contributed by atoms with Crippen LogP contribution in [-0.4, -0.2) is 30.6 Å². The lowest BCUT2D eigenvalue weighted by molar-refractivity contribution is 0.184. The number of rotatable bonds is 7. The molecule has 2 nitrogen and oxygen atoms in total. The van der Waals surface area contributed by atoms with Crippen LogP contribution in [0, 0.1) is 5.92 Å². The predicted octanol–water partition coefficient (Wildman–Crippen LogP) is 4.65. The first-order valence-corrected chi connectivity index (χ1v) is 8.27. The third kappa shape index (κ3) is 4.68. The number of para-hydroxylation sites is 1. The summed E-state index contributed by atoms with van der Waals surface area (Å²) in [5.41, 5.74) is 1.05. The molecule has 2 rings (SSSR count). The van der Waals surface area contributed by atoms with Gasteiger partial charge >= 0.3 is 0 Å². The molecule has 1 N–H and O–H groups in total. The second kappa shape index (κ2) is 7.90. The Morgan fingerprint density at radius 2 is 1.95 bits per heavy atom. The quantitative estimate of drug-likeness (QED) is 0.787. The lowest BCUT2D eigenvalue weighted by atomic mass is 10.1. The summed E-state index contributed by atoms with van der Waals surface area (Å²) in [5.74, 6) is 0.732. The third-order valence-corrected chi connectivity index (χ3v) is 4.36. The van der Waals surface area contributed by atoms with Gasteiger partial charge in [-0.3, -0.25) is 4.90 Å². The zero-order valence-corrected chi connectivity index (χ0v) is 13.5. The van der Waals surface area contributed by atoms with Gasteiger partial charge in [-0.1, -0.05) is 50.4 Å². The van der Waals surface area contributed by atoms with Crippen LogP contribution in [0.2, 0.25) is 5.02 Å². The molecular weight excluding hydrogens is 268 g/mol. The molecule has 112 valence electrons. The minimum atomic E-state index is 0.732. The number of anilines is 1. The molecule has 1 aliphatic rings. The van der Waals surface area contributed by atoms with Crippen molar-refractivity contribution in [2.24, 2.45) is 5.92 Å². The second-order valence-corrected chi connectivity index (χ2v) is 6.64. The van der Waals surface area contributed by atoms with Gasteiger partial charge in [-0.15, -0.1) is 0 Å². The largest absolute Gasteiger partial charge is 0.383 e. The van der Waals surface area contributed by atoms with Crippen molar-refractivity contribution in [2.75, 3.05) is 25.0 Å².